The quantitative estimate of drug-likeness (QED) is 0.371. The van der Waals surface area contributed by atoms with E-state index in [1.807, 2.05) is 36.6 Å². The van der Waals surface area contributed by atoms with E-state index in [1.54, 1.807) is 71.5 Å². The van der Waals surface area contributed by atoms with Crippen LogP contribution in [-0.2, 0) is 20.9 Å². The van der Waals surface area contributed by atoms with Crippen molar-refractivity contribution < 1.29 is 24.2 Å². The van der Waals surface area contributed by atoms with Crippen molar-refractivity contribution in [2.24, 2.45) is 0 Å². The Kier molecular flexibility index (Phi) is 11.5. The second kappa shape index (κ2) is 14.1. The third-order valence-electron chi connectivity index (χ3n) is 5.81. The highest BCUT2D eigenvalue weighted by atomic mass is 32.2. The summed E-state index contributed by atoms with van der Waals surface area (Å²) in [5, 5.41) is 16.6. The van der Waals surface area contributed by atoms with Crippen LogP contribution in [0.1, 0.15) is 63.8 Å². The van der Waals surface area contributed by atoms with Gasteiger partial charge in [-0.05, 0) is 71.1 Å². The molecule has 3 amide bonds. The second-order valence-corrected chi connectivity index (χ2v) is 11.4. The Morgan fingerprint density at radius 2 is 1.71 bits per heavy atom. The molecule has 3 N–H and O–H groups in total. The number of ether oxygens (including phenoxy) is 1. The highest BCUT2D eigenvalue weighted by Crippen LogP contribution is 2.33. The topological polar surface area (TPSA) is 108 Å². The lowest BCUT2D eigenvalue weighted by molar-refractivity contribution is -0.144. The van der Waals surface area contributed by atoms with E-state index < -0.39 is 41.6 Å². The molecule has 0 radical (unpaired) electrons. The number of aromatic hydroxyl groups is 1. The molecular weight excluding hydrogens is 502 g/mol. The summed E-state index contributed by atoms with van der Waals surface area (Å²) in [6.07, 6.45) is 1.56. The molecule has 2 rings (SSSR count). The number of amides is 3. The molecule has 2 atom stereocenters. The van der Waals surface area contributed by atoms with E-state index in [0.29, 0.717) is 23.3 Å². The van der Waals surface area contributed by atoms with Crippen LogP contribution in [0.2, 0.25) is 0 Å². The molecule has 0 bridgehead atoms. The van der Waals surface area contributed by atoms with Crippen molar-refractivity contribution in [1.29, 1.82) is 0 Å². The summed E-state index contributed by atoms with van der Waals surface area (Å²) in [6, 6.07) is 12.1. The number of hydrogen-bond acceptors (Lipinski definition) is 6. The second-order valence-electron chi connectivity index (χ2n) is 10.4. The third kappa shape index (κ3) is 8.97. The van der Waals surface area contributed by atoms with Gasteiger partial charge < -0.3 is 25.4 Å². The van der Waals surface area contributed by atoms with Gasteiger partial charge in [0.05, 0.1) is 0 Å². The zero-order chi connectivity index (χ0) is 28.5. The maximum absolute atomic E-state index is 14.1. The SMILES string of the molecule is CSCCC(NC(=O)OC(C)(C)C)C(=O)N(C(C)C)C(C(=O)NCc1ccccc1)c1cccc(C)c1O. The predicted octanol–water partition coefficient (Wildman–Crippen LogP) is 4.94. The normalized spacial score (nSPS) is 12.9. The number of carbonyl (C=O) groups excluding carboxylic acids is 3. The molecule has 0 saturated heterocycles. The number of para-hydroxylation sites is 1. The number of thioether (sulfide) groups is 1. The van der Waals surface area contributed by atoms with E-state index in [9.17, 15) is 19.5 Å². The largest absolute Gasteiger partial charge is 0.507 e. The van der Waals surface area contributed by atoms with Crippen molar-refractivity contribution in [3.05, 3.63) is 65.2 Å². The van der Waals surface area contributed by atoms with E-state index in [0.717, 1.165) is 5.56 Å². The number of rotatable bonds is 11. The van der Waals surface area contributed by atoms with Crippen LogP contribution in [0.25, 0.3) is 0 Å². The summed E-state index contributed by atoms with van der Waals surface area (Å²) in [5.74, 6) is -0.302. The minimum Gasteiger partial charge on any atom is -0.507 e. The molecule has 2 aromatic rings. The van der Waals surface area contributed by atoms with Crippen LogP contribution in [-0.4, -0.2) is 57.6 Å². The standard InChI is InChI=1S/C29H41N3O5S/c1-19(2)32(27(35)23(16-17-38-7)31-28(36)37-29(4,5)6)24(22-15-11-12-20(3)25(22)33)26(34)30-18-21-13-9-8-10-14-21/h8-15,19,23-24,33H,16-18H2,1-7H3,(H,30,34)(H,31,36). The number of nitrogens with one attached hydrogen (secondary N) is 2. The fourth-order valence-corrected chi connectivity index (χ4v) is 4.48. The first-order chi connectivity index (χ1) is 17.9. The fraction of sp³-hybridized carbons (Fsp3) is 0.483. The lowest BCUT2D eigenvalue weighted by Gasteiger charge is -2.37. The van der Waals surface area contributed by atoms with Crippen LogP contribution in [0.4, 0.5) is 4.79 Å². The van der Waals surface area contributed by atoms with Crippen molar-refractivity contribution in [2.45, 2.75) is 78.2 Å². The molecule has 0 spiro atoms. The van der Waals surface area contributed by atoms with Gasteiger partial charge in [0, 0.05) is 18.2 Å². The van der Waals surface area contributed by atoms with Gasteiger partial charge in [-0.25, -0.2) is 4.79 Å². The van der Waals surface area contributed by atoms with Crippen molar-refractivity contribution in [3.63, 3.8) is 0 Å². The maximum atomic E-state index is 14.1. The molecule has 0 saturated carbocycles. The monoisotopic (exact) mass is 543 g/mol. The molecule has 38 heavy (non-hydrogen) atoms. The van der Waals surface area contributed by atoms with Gasteiger partial charge in [-0.15, -0.1) is 0 Å². The molecule has 0 fully saturated rings. The van der Waals surface area contributed by atoms with Gasteiger partial charge in [0.15, 0.2) is 0 Å². The molecule has 9 heteroatoms. The molecule has 2 aromatic carbocycles. The number of phenols is 1. The van der Waals surface area contributed by atoms with Gasteiger partial charge in [0.25, 0.3) is 0 Å². The molecule has 0 aliphatic rings. The Bertz CT molecular complexity index is 1090. The number of nitrogens with zero attached hydrogens (tertiary/aromatic N) is 1. The first-order valence-corrected chi connectivity index (χ1v) is 14.2. The summed E-state index contributed by atoms with van der Waals surface area (Å²) in [6.45, 7) is 10.9. The lowest BCUT2D eigenvalue weighted by atomic mass is 9.97. The Hall–Kier alpha value is -3.20. The minimum atomic E-state index is -1.12. The molecule has 0 aliphatic carbocycles. The molecular formula is C29H41N3O5S. The molecule has 2 unspecified atom stereocenters. The van der Waals surface area contributed by atoms with Crippen LogP contribution < -0.4 is 10.6 Å². The fourth-order valence-electron chi connectivity index (χ4n) is 4.00. The summed E-state index contributed by atoms with van der Waals surface area (Å²) in [4.78, 5) is 41.9. The smallest absolute Gasteiger partial charge is 0.408 e. The van der Waals surface area contributed by atoms with E-state index in [2.05, 4.69) is 10.6 Å². The zero-order valence-electron chi connectivity index (χ0n) is 23.4. The van der Waals surface area contributed by atoms with Crippen LogP contribution in [0, 0.1) is 6.92 Å². The number of carbonyl (C=O) groups is 3. The van der Waals surface area contributed by atoms with Gasteiger partial charge in [0.2, 0.25) is 11.8 Å². The number of benzene rings is 2. The molecule has 0 aromatic heterocycles. The Balaban J connectivity index is 2.48. The summed E-state index contributed by atoms with van der Waals surface area (Å²) in [7, 11) is 0. The van der Waals surface area contributed by atoms with E-state index >= 15 is 0 Å². The van der Waals surface area contributed by atoms with Gasteiger partial charge in [-0.1, -0.05) is 48.5 Å². The van der Waals surface area contributed by atoms with Crippen molar-refractivity contribution in [2.75, 3.05) is 12.0 Å². The Labute approximate surface area is 230 Å². The lowest BCUT2D eigenvalue weighted by Crippen LogP contribution is -2.55. The highest BCUT2D eigenvalue weighted by molar-refractivity contribution is 7.98. The number of alkyl carbamates (subject to hydrolysis) is 1. The van der Waals surface area contributed by atoms with Crippen LogP contribution in [0.15, 0.2) is 48.5 Å². The zero-order valence-corrected chi connectivity index (χ0v) is 24.2. The average Bonchev–Trinajstić information content (AvgIpc) is 2.84. The Morgan fingerprint density at radius 1 is 1.05 bits per heavy atom. The van der Waals surface area contributed by atoms with Gasteiger partial charge in [-0.2, -0.15) is 11.8 Å². The average molecular weight is 544 g/mol. The van der Waals surface area contributed by atoms with Crippen LogP contribution in [0.5, 0.6) is 5.75 Å². The van der Waals surface area contributed by atoms with Gasteiger partial charge in [-0.3, -0.25) is 9.59 Å². The van der Waals surface area contributed by atoms with Crippen molar-refractivity contribution >= 4 is 29.7 Å². The molecule has 208 valence electrons. The van der Waals surface area contributed by atoms with Crippen molar-refractivity contribution in [1.82, 2.24) is 15.5 Å². The maximum Gasteiger partial charge on any atom is 0.408 e. The number of aryl methyl sites for hydroxylation is 1. The first-order valence-electron chi connectivity index (χ1n) is 12.8. The summed E-state index contributed by atoms with van der Waals surface area (Å²) >= 11 is 1.55. The van der Waals surface area contributed by atoms with Gasteiger partial charge >= 0.3 is 6.09 Å². The van der Waals surface area contributed by atoms with Crippen molar-refractivity contribution in [3.8, 4) is 5.75 Å². The molecule has 0 heterocycles. The third-order valence-corrected chi connectivity index (χ3v) is 6.45. The summed E-state index contributed by atoms with van der Waals surface area (Å²) in [5.41, 5.74) is 1.08. The van der Waals surface area contributed by atoms with Crippen LogP contribution in [0.3, 0.4) is 0 Å². The Morgan fingerprint density at radius 3 is 2.29 bits per heavy atom. The van der Waals surface area contributed by atoms with Gasteiger partial charge in [0.1, 0.15) is 23.4 Å². The summed E-state index contributed by atoms with van der Waals surface area (Å²) < 4.78 is 5.41. The number of phenolic OH excluding ortho intramolecular Hbond substituents is 1. The van der Waals surface area contributed by atoms with E-state index in [1.165, 1.54) is 4.90 Å². The van der Waals surface area contributed by atoms with E-state index in [-0.39, 0.29) is 12.3 Å². The number of hydrogen-bond donors (Lipinski definition) is 3. The molecule has 0 aliphatic heterocycles. The first kappa shape index (κ1) is 31.0. The van der Waals surface area contributed by atoms with Crippen LogP contribution >= 0.6 is 11.8 Å². The molecule has 8 nitrogen and oxygen atoms in total. The predicted molar refractivity (Wildman–Crippen MR) is 152 cm³/mol. The minimum absolute atomic E-state index is 0.0495. The highest BCUT2D eigenvalue weighted by Gasteiger charge is 2.38. The van der Waals surface area contributed by atoms with E-state index in [4.69, 9.17) is 4.74 Å².